The third-order valence-electron chi connectivity index (χ3n) is 3.12. The Morgan fingerprint density at radius 1 is 1.42 bits per heavy atom. The second kappa shape index (κ2) is 2.94. The lowest BCUT2D eigenvalue weighted by atomic mass is 9.96. The monoisotopic (exact) mass is 169 g/mol. The minimum atomic E-state index is 0.160. The molecule has 3 atom stereocenters. The van der Waals surface area contributed by atoms with Gasteiger partial charge in [-0.1, -0.05) is 6.42 Å². The summed E-state index contributed by atoms with van der Waals surface area (Å²) in [4.78, 5) is 4.21. The summed E-state index contributed by atoms with van der Waals surface area (Å²) in [7, 11) is 0. The van der Waals surface area contributed by atoms with Crippen LogP contribution in [0.15, 0.2) is 4.99 Å². The Balaban J connectivity index is 1.98. The van der Waals surface area contributed by atoms with Gasteiger partial charge >= 0.3 is 0 Å². The van der Waals surface area contributed by atoms with Gasteiger partial charge in [-0.05, 0) is 31.1 Å². The highest BCUT2D eigenvalue weighted by atomic mass is 16.5. The minimum Gasteiger partial charge on any atom is -0.368 e. The molecule has 4 N–H and O–H groups in total. The summed E-state index contributed by atoms with van der Waals surface area (Å²) in [6, 6.07) is 0.364. The van der Waals surface area contributed by atoms with Crippen molar-refractivity contribution >= 4 is 5.96 Å². The number of hydroxylamine groups is 1. The fourth-order valence-corrected chi connectivity index (χ4v) is 2.58. The molecular formula is C8H15N3O. The van der Waals surface area contributed by atoms with E-state index in [9.17, 15) is 0 Å². The molecule has 0 amide bonds. The molecule has 0 saturated heterocycles. The van der Waals surface area contributed by atoms with E-state index < -0.39 is 0 Å². The van der Waals surface area contributed by atoms with Crippen LogP contribution in [0.3, 0.4) is 0 Å². The van der Waals surface area contributed by atoms with Crippen LogP contribution >= 0.6 is 0 Å². The van der Waals surface area contributed by atoms with E-state index in [1.165, 1.54) is 19.3 Å². The van der Waals surface area contributed by atoms with E-state index in [0.29, 0.717) is 6.04 Å². The number of aliphatic imine (C=N–C) groups is 1. The van der Waals surface area contributed by atoms with E-state index in [-0.39, 0.29) is 5.96 Å². The highest BCUT2D eigenvalue weighted by Crippen LogP contribution is 2.45. The summed E-state index contributed by atoms with van der Waals surface area (Å²) in [5.74, 6) is 1.75. The molecule has 2 saturated carbocycles. The third kappa shape index (κ3) is 1.27. The molecule has 12 heavy (non-hydrogen) atoms. The minimum absolute atomic E-state index is 0.160. The van der Waals surface area contributed by atoms with Gasteiger partial charge in [0, 0.05) is 0 Å². The normalized spacial score (nSPS) is 40.4. The Kier molecular flexibility index (Phi) is 1.92. The molecule has 0 heterocycles. The first-order valence-corrected chi connectivity index (χ1v) is 4.53. The zero-order chi connectivity index (χ0) is 8.55. The van der Waals surface area contributed by atoms with Crippen LogP contribution in [0.2, 0.25) is 0 Å². The summed E-state index contributed by atoms with van der Waals surface area (Å²) in [6.07, 6.45) is 5.13. The number of guanidine groups is 1. The first-order chi connectivity index (χ1) is 5.79. The Morgan fingerprint density at radius 3 is 2.75 bits per heavy atom. The molecule has 0 radical (unpaired) electrons. The van der Waals surface area contributed by atoms with Gasteiger partial charge in [-0.2, -0.15) is 0 Å². The van der Waals surface area contributed by atoms with E-state index in [0.717, 1.165) is 18.3 Å². The molecular weight excluding hydrogens is 154 g/mol. The number of nitrogens with one attached hydrogen (secondary N) is 1. The predicted octanol–water partition coefficient (Wildman–Crippen LogP) is 0.468. The van der Waals surface area contributed by atoms with Crippen molar-refractivity contribution in [2.24, 2.45) is 22.6 Å². The van der Waals surface area contributed by atoms with Gasteiger partial charge in [-0.25, -0.2) is 10.5 Å². The maximum absolute atomic E-state index is 8.46. The SMILES string of the molecule is NC(=NC1CC2CCC1C2)NO. The Hall–Kier alpha value is -0.770. The Bertz CT molecular complexity index is 204. The first-order valence-electron chi connectivity index (χ1n) is 4.53. The molecule has 2 rings (SSSR count). The van der Waals surface area contributed by atoms with Crippen molar-refractivity contribution in [1.29, 1.82) is 0 Å². The van der Waals surface area contributed by atoms with Crippen molar-refractivity contribution < 1.29 is 5.21 Å². The summed E-state index contributed by atoms with van der Waals surface area (Å²) in [6.45, 7) is 0. The van der Waals surface area contributed by atoms with Crippen molar-refractivity contribution in [2.45, 2.75) is 31.7 Å². The molecule has 2 aliphatic carbocycles. The maximum atomic E-state index is 8.46. The summed E-state index contributed by atoms with van der Waals surface area (Å²) >= 11 is 0. The molecule has 0 aromatic rings. The topological polar surface area (TPSA) is 70.6 Å². The quantitative estimate of drug-likeness (QED) is 0.303. The first kappa shape index (κ1) is 7.86. The van der Waals surface area contributed by atoms with Gasteiger partial charge in [0.15, 0.2) is 0 Å². The summed E-state index contributed by atoms with van der Waals surface area (Å²) < 4.78 is 0. The number of rotatable bonds is 1. The average molecular weight is 169 g/mol. The van der Waals surface area contributed by atoms with Gasteiger partial charge in [0.25, 0.3) is 0 Å². The zero-order valence-corrected chi connectivity index (χ0v) is 7.03. The van der Waals surface area contributed by atoms with Crippen LogP contribution in [0, 0.1) is 11.8 Å². The number of nitrogens with zero attached hydrogens (tertiary/aromatic N) is 1. The molecule has 0 aromatic heterocycles. The summed E-state index contributed by atoms with van der Waals surface area (Å²) in [5.41, 5.74) is 7.25. The fraction of sp³-hybridized carbons (Fsp3) is 0.875. The van der Waals surface area contributed by atoms with Crippen LogP contribution in [-0.2, 0) is 0 Å². The van der Waals surface area contributed by atoms with Gasteiger partial charge < -0.3 is 5.73 Å². The van der Waals surface area contributed by atoms with Crippen molar-refractivity contribution in [3.8, 4) is 0 Å². The van der Waals surface area contributed by atoms with Gasteiger partial charge in [-0.15, -0.1) is 0 Å². The Morgan fingerprint density at radius 2 is 2.25 bits per heavy atom. The van der Waals surface area contributed by atoms with Crippen LogP contribution in [0.4, 0.5) is 0 Å². The lowest BCUT2D eigenvalue weighted by molar-refractivity contribution is 0.231. The molecule has 2 fully saturated rings. The number of nitrogens with two attached hydrogens (primary N) is 1. The molecule has 0 aliphatic heterocycles. The molecule has 4 nitrogen and oxygen atoms in total. The standard InChI is InChI=1S/C8H15N3O/c9-8(11-12)10-7-4-5-1-2-6(7)3-5/h5-7,12H,1-4H2,(H3,9,10,11). The molecule has 3 unspecified atom stereocenters. The zero-order valence-electron chi connectivity index (χ0n) is 7.03. The van der Waals surface area contributed by atoms with Crippen molar-refractivity contribution in [3.63, 3.8) is 0 Å². The van der Waals surface area contributed by atoms with Crippen LogP contribution in [-0.4, -0.2) is 17.2 Å². The van der Waals surface area contributed by atoms with Crippen LogP contribution in [0.1, 0.15) is 25.7 Å². The van der Waals surface area contributed by atoms with E-state index in [2.05, 4.69) is 4.99 Å². The van der Waals surface area contributed by atoms with Gasteiger partial charge in [0.2, 0.25) is 5.96 Å². The van der Waals surface area contributed by atoms with Crippen molar-refractivity contribution in [3.05, 3.63) is 0 Å². The molecule has 4 heteroatoms. The smallest absolute Gasteiger partial charge is 0.213 e. The Labute approximate surface area is 71.8 Å². The molecule has 0 aromatic carbocycles. The van der Waals surface area contributed by atoms with Gasteiger partial charge in [-0.3, -0.25) is 5.21 Å². The molecule has 2 bridgehead atoms. The largest absolute Gasteiger partial charge is 0.368 e. The van der Waals surface area contributed by atoms with E-state index in [4.69, 9.17) is 10.9 Å². The predicted molar refractivity (Wildman–Crippen MR) is 45.8 cm³/mol. The van der Waals surface area contributed by atoms with Crippen molar-refractivity contribution in [1.82, 2.24) is 5.48 Å². The van der Waals surface area contributed by atoms with Gasteiger partial charge in [0.1, 0.15) is 0 Å². The van der Waals surface area contributed by atoms with E-state index in [1.54, 1.807) is 0 Å². The fourth-order valence-electron chi connectivity index (χ4n) is 2.58. The second-order valence-corrected chi connectivity index (χ2v) is 3.87. The van der Waals surface area contributed by atoms with Crippen LogP contribution in [0.25, 0.3) is 0 Å². The van der Waals surface area contributed by atoms with E-state index >= 15 is 0 Å². The van der Waals surface area contributed by atoms with E-state index in [1.807, 2.05) is 5.48 Å². The third-order valence-corrected chi connectivity index (χ3v) is 3.12. The number of hydrogen-bond donors (Lipinski definition) is 3. The molecule has 68 valence electrons. The molecule has 0 spiro atoms. The van der Waals surface area contributed by atoms with Gasteiger partial charge in [0.05, 0.1) is 6.04 Å². The highest BCUT2D eigenvalue weighted by molar-refractivity contribution is 5.76. The second-order valence-electron chi connectivity index (χ2n) is 3.87. The van der Waals surface area contributed by atoms with Crippen LogP contribution in [0.5, 0.6) is 0 Å². The molecule has 2 aliphatic rings. The van der Waals surface area contributed by atoms with Crippen LogP contribution < -0.4 is 11.2 Å². The average Bonchev–Trinajstić information content (AvgIpc) is 2.64. The lowest BCUT2D eigenvalue weighted by Gasteiger charge is -2.17. The number of hydrogen-bond acceptors (Lipinski definition) is 2. The lowest BCUT2D eigenvalue weighted by Crippen LogP contribution is -2.31. The summed E-state index contributed by atoms with van der Waals surface area (Å²) in [5, 5.41) is 8.46. The highest BCUT2D eigenvalue weighted by Gasteiger charge is 2.39. The maximum Gasteiger partial charge on any atom is 0.213 e. The number of fused-ring (bicyclic) bond motifs is 2. The van der Waals surface area contributed by atoms with Crippen molar-refractivity contribution in [2.75, 3.05) is 0 Å².